The first-order valence-corrected chi connectivity index (χ1v) is 6.30. The smallest absolute Gasteiger partial charge is 0.0200 e. The number of hydrogen-bond acceptors (Lipinski definition) is 0. The van der Waals surface area contributed by atoms with Crippen LogP contribution in [-0.4, -0.2) is 6.66 Å². The van der Waals surface area contributed by atoms with Gasteiger partial charge < -0.3 is 0 Å². The largest absolute Gasteiger partial charge is 0.100 e. The molecule has 0 N–H and O–H groups in total. The van der Waals surface area contributed by atoms with E-state index >= 15 is 0 Å². The monoisotopic (exact) mass is 158 g/mol. The Morgan fingerprint density at radius 3 is 2.00 bits per heavy atom. The van der Waals surface area contributed by atoms with Crippen LogP contribution in [-0.2, 0) is 0 Å². The molecule has 0 bridgehead atoms. The zero-order chi connectivity index (χ0) is 3.58. The van der Waals surface area contributed by atoms with Gasteiger partial charge in [-0.25, -0.2) is 0 Å². The van der Waals surface area contributed by atoms with Gasteiger partial charge in [0, 0.05) is 0 Å². The highest BCUT2D eigenvalue weighted by Gasteiger charge is 1.69. The average Bonchev–Trinajstić information content (AvgIpc) is 0.811. The molecule has 0 aliphatic heterocycles. The van der Waals surface area contributed by atoms with Gasteiger partial charge in [0.15, 0.2) is 0 Å². The molecule has 4 heavy (non-hydrogen) atoms. The van der Waals surface area contributed by atoms with Crippen LogP contribution in [0.1, 0.15) is 0 Å². The van der Waals surface area contributed by atoms with E-state index in [2.05, 4.69) is 31.1 Å². The molecule has 0 aliphatic carbocycles. The van der Waals surface area contributed by atoms with Gasteiger partial charge in [0.2, 0.25) is 0 Å². The second-order valence-corrected chi connectivity index (χ2v) is 9.52. The van der Waals surface area contributed by atoms with Gasteiger partial charge in [-0.3, -0.25) is 0 Å². The van der Waals surface area contributed by atoms with Crippen molar-refractivity contribution in [3.8, 4) is 0 Å². The summed E-state index contributed by atoms with van der Waals surface area (Å²) >= 11 is 3.30. The highest BCUT2D eigenvalue weighted by Crippen LogP contribution is 2.47. The number of hydrogen-bond donors (Lipinski definition) is 0. The highest BCUT2D eigenvalue weighted by molar-refractivity contribution is 9.44. The predicted molar refractivity (Wildman–Crippen MR) is 31.5 cm³/mol. The maximum Gasteiger partial charge on any atom is -0.0200 e. The van der Waals surface area contributed by atoms with E-state index in [-0.39, 0.29) is 6.31 Å². The van der Waals surface area contributed by atoms with Crippen molar-refractivity contribution < 1.29 is 0 Å². The summed E-state index contributed by atoms with van der Waals surface area (Å²) in [6, 6.07) is 0. The maximum absolute atomic E-state index is 3.30. The fourth-order valence-electron chi connectivity index (χ4n) is 0. The molecule has 0 saturated heterocycles. The Bertz CT molecular complexity index is 10.8. The van der Waals surface area contributed by atoms with Crippen molar-refractivity contribution in [2.75, 3.05) is 6.66 Å². The van der Waals surface area contributed by atoms with Crippen molar-refractivity contribution in [3.05, 3.63) is 0 Å². The molecule has 0 amide bonds. The molecule has 3 heteroatoms. The molecule has 0 saturated carbocycles. The Kier molecular flexibility index (Phi) is 3.43. The lowest BCUT2D eigenvalue weighted by Crippen LogP contribution is -1.17. The second kappa shape index (κ2) is 2.57. The molecule has 0 fully saturated rings. The van der Waals surface area contributed by atoms with Gasteiger partial charge in [-0.2, -0.15) is 0 Å². The first kappa shape index (κ1) is 5.34. The predicted octanol–water partition coefficient (Wildman–Crippen LogP) is 2.20. The standard InChI is InChI=1S/CH5BrP2/c1-4(2)3/h3H2,1H3. The normalized spacial score (nSPS) is 15.8. The van der Waals surface area contributed by atoms with Gasteiger partial charge in [0.1, 0.15) is 0 Å². The Labute approximate surface area is 37.9 Å². The van der Waals surface area contributed by atoms with E-state index in [1.165, 1.54) is 0 Å². The first-order chi connectivity index (χ1) is 1.73. The number of halogens is 1. The van der Waals surface area contributed by atoms with Crippen LogP contribution < -0.4 is 0 Å². The zero-order valence-electron chi connectivity index (χ0n) is 2.40. The summed E-state index contributed by atoms with van der Waals surface area (Å²) in [5.74, 6) is 0. The zero-order valence-corrected chi connectivity index (χ0v) is 6.04. The second-order valence-electron chi connectivity index (χ2n) is 0.525. The van der Waals surface area contributed by atoms with E-state index in [9.17, 15) is 0 Å². The molecule has 0 aromatic carbocycles. The molecule has 26 valence electrons. The van der Waals surface area contributed by atoms with Gasteiger partial charge in [0.25, 0.3) is 0 Å². The van der Waals surface area contributed by atoms with Crippen LogP contribution in [0.25, 0.3) is 0 Å². The molecular weight excluding hydrogens is 154 g/mol. The summed E-state index contributed by atoms with van der Waals surface area (Å²) in [6.07, 6.45) is 0.109. The molecule has 0 aromatic heterocycles. The van der Waals surface area contributed by atoms with E-state index in [0.29, 0.717) is 0 Å². The fourth-order valence-corrected chi connectivity index (χ4v) is 0. The molecule has 0 heterocycles. The number of rotatable bonds is 0. The quantitative estimate of drug-likeness (QED) is 0.475. The molecule has 0 spiro atoms. The lowest BCUT2D eigenvalue weighted by atomic mass is 12.0. The Hall–Kier alpha value is 1.34. The molecule has 2 atom stereocenters. The van der Waals surface area contributed by atoms with Crippen LogP contribution >= 0.6 is 30.7 Å². The van der Waals surface area contributed by atoms with E-state index in [1.807, 2.05) is 0 Å². The van der Waals surface area contributed by atoms with Crippen molar-refractivity contribution in [2.45, 2.75) is 0 Å². The first-order valence-electron chi connectivity index (χ1n) is 0.874. The van der Waals surface area contributed by atoms with Gasteiger partial charge in [0.05, 0.1) is 0 Å². The third-order valence-corrected chi connectivity index (χ3v) is 0. The maximum atomic E-state index is 3.30. The Balaban J connectivity index is 2.32. The minimum absolute atomic E-state index is 0.109. The summed E-state index contributed by atoms with van der Waals surface area (Å²) in [7, 11) is 2.64. The summed E-state index contributed by atoms with van der Waals surface area (Å²) in [5.41, 5.74) is 0. The van der Waals surface area contributed by atoms with Gasteiger partial charge in [-0.1, -0.05) is 15.5 Å². The third-order valence-electron chi connectivity index (χ3n) is 0. The molecule has 0 aromatic rings. The van der Waals surface area contributed by atoms with E-state index < -0.39 is 0 Å². The Morgan fingerprint density at radius 2 is 2.00 bits per heavy atom. The van der Waals surface area contributed by atoms with Gasteiger partial charge >= 0.3 is 0 Å². The average molecular weight is 159 g/mol. The summed E-state index contributed by atoms with van der Waals surface area (Å²) in [5, 5.41) is 0. The summed E-state index contributed by atoms with van der Waals surface area (Å²) < 4.78 is 0. The third kappa shape index (κ3) is 10.2. The molecule has 0 aliphatic rings. The van der Waals surface area contributed by atoms with E-state index in [1.54, 1.807) is 0 Å². The molecular formula is CH5BrP2. The highest BCUT2D eigenvalue weighted by atomic mass is 79.9. The van der Waals surface area contributed by atoms with Crippen molar-refractivity contribution in [1.82, 2.24) is 0 Å². The van der Waals surface area contributed by atoms with Crippen LogP contribution in [0.15, 0.2) is 0 Å². The van der Waals surface area contributed by atoms with Crippen LogP contribution in [0.3, 0.4) is 0 Å². The van der Waals surface area contributed by atoms with Crippen molar-refractivity contribution in [1.29, 1.82) is 0 Å². The minimum Gasteiger partial charge on any atom is -0.100 e. The van der Waals surface area contributed by atoms with Crippen molar-refractivity contribution >= 4 is 30.7 Å². The van der Waals surface area contributed by atoms with Crippen LogP contribution in [0.2, 0.25) is 0 Å². The molecule has 0 radical (unpaired) electrons. The molecule has 2 unspecified atom stereocenters. The topological polar surface area (TPSA) is 0 Å². The summed E-state index contributed by atoms with van der Waals surface area (Å²) in [4.78, 5) is 0. The van der Waals surface area contributed by atoms with E-state index in [4.69, 9.17) is 0 Å². The molecule has 0 nitrogen and oxygen atoms in total. The van der Waals surface area contributed by atoms with E-state index in [0.717, 1.165) is 0 Å². The van der Waals surface area contributed by atoms with Crippen molar-refractivity contribution in [2.24, 2.45) is 0 Å². The SMILES string of the molecule is CP(P)Br. The lowest BCUT2D eigenvalue weighted by Gasteiger charge is -1.77. The fraction of sp³-hybridized carbons (Fsp3) is 1.00. The minimum atomic E-state index is 0.109. The van der Waals surface area contributed by atoms with Gasteiger partial charge in [-0.05, 0) is 13.0 Å². The van der Waals surface area contributed by atoms with Crippen LogP contribution in [0, 0.1) is 0 Å². The molecule has 0 rings (SSSR count). The van der Waals surface area contributed by atoms with Crippen LogP contribution in [0.4, 0.5) is 0 Å². The van der Waals surface area contributed by atoms with Crippen molar-refractivity contribution in [3.63, 3.8) is 0 Å². The Morgan fingerprint density at radius 1 is 2.00 bits per heavy atom. The van der Waals surface area contributed by atoms with Crippen LogP contribution in [0.5, 0.6) is 0 Å². The van der Waals surface area contributed by atoms with Gasteiger partial charge in [-0.15, -0.1) is 8.93 Å². The lowest BCUT2D eigenvalue weighted by molar-refractivity contribution is 2.51. The summed E-state index contributed by atoms with van der Waals surface area (Å²) in [6.45, 7) is 2.11.